The third-order valence-corrected chi connectivity index (χ3v) is 7.33. The number of carbonyl (C=O) groups excluding carboxylic acids is 1. The van der Waals surface area contributed by atoms with E-state index in [4.69, 9.17) is 0 Å². The summed E-state index contributed by atoms with van der Waals surface area (Å²) in [6.45, 7) is 3.11. The van der Waals surface area contributed by atoms with Crippen LogP contribution in [0.25, 0.3) is 0 Å². The van der Waals surface area contributed by atoms with Gasteiger partial charge < -0.3 is 10.2 Å². The van der Waals surface area contributed by atoms with Crippen LogP contribution in [0.2, 0.25) is 0 Å². The van der Waals surface area contributed by atoms with Crippen molar-refractivity contribution in [1.29, 1.82) is 0 Å². The molecule has 1 aromatic rings. The third-order valence-electron chi connectivity index (χ3n) is 4.72. The van der Waals surface area contributed by atoms with Crippen LogP contribution in [0.15, 0.2) is 30.3 Å². The molecule has 1 aliphatic rings. The molecule has 1 N–H and O–H groups in total. The first-order chi connectivity index (χ1) is 11.9. The van der Waals surface area contributed by atoms with Crippen molar-refractivity contribution in [2.75, 3.05) is 18.8 Å². The molecule has 0 radical (unpaired) electrons. The Balaban J connectivity index is 2.10. The largest absolute Gasteiger partial charge is 0.408 e. The van der Waals surface area contributed by atoms with Crippen molar-refractivity contribution in [3.8, 4) is 0 Å². The van der Waals surface area contributed by atoms with Crippen LogP contribution in [0.3, 0.4) is 0 Å². The van der Waals surface area contributed by atoms with Gasteiger partial charge in [-0.05, 0) is 25.8 Å². The Morgan fingerprint density at radius 1 is 1.23 bits per heavy atom. The Kier molecular flexibility index (Phi) is 5.89. The number of urea groups is 1. The van der Waals surface area contributed by atoms with Crippen LogP contribution in [0.4, 0.5) is 18.0 Å². The van der Waals surface area contributed by atoms with Gasteiger partial charge in [-0.15, -0.1) is 0 Å². The second-order valence-corrected chi connectivity index (χ2v) is 9.79. The van der Waals surface area contributed by atoms with Crippen molar-refractivity contribution in [2.45, 2.75) is 43.7 Å². The molecule has 1 atom stereocenters. The predicted molar refractivity (Wildman–Crippen MR) is 92.6 cm³/mol. The summed E-state index contributed by atoms with van der Waals surface area (Å²) in [6, 6.07) is 5.15. The van der Waals surface area contributed by atoms with Crippen LogP contribution in [-0.2, 0) is 16.3 Å². The molecule has 5 nitrogen and oxygen atoms in total. The van der Waals surface area contributed by atoms with Crippen LogP contribution in [0, 0.1) is 0 Å². The smallest absolute Gasteiger partial charge is 0.326 e. The summed E-state index contributed by atoms with van der Waals surface area (Å²) in [6.07, 6.45) is -4.81. The molecule has 1 saturated heterocycles. The maximum atomic E-state index is 13.3. The van der Waals surface area contributed by atoms with Gasteiger partial charge in [-0.2, -0.15) is 13.2 Å². The summed E-state index contributed by atoms with van der Waals surface area (Å²) < 4.78 is 63.3. The van der Waals surface area contributed by atoms with E-state index in [-0.39, 0.29) is 31.7 Å². The molecule has 26 heavy (non-hydrogen) atoms. The average molecular weight is 392 g/mol. The molecule has 2 amide bonds. The summed E-state index contributed by atoms with van der Waals surface area (Å²) in [4.78, 5) is 13.5. The molecule has 0 saturated carbocycles. The van der Waals surface area contributed by atoms with Crippen molar-refractivity contribution >= 4 is 15.9 Å². The van der Waals surface area contributed by atoms with Crippen molar-refractivity contribution in [1.82, 2.24) is 10.2 Å². The van der Waals surface area contributed by atoms with E-state index in [1.165, 1.54) is 0 Å². The Morgan fingerprint density at radius 2 is 1.85 bits per heavy atom. The summed E-state index contributed by atoms with van der Waals surface area (Å²) in [5.74, 6) is -0.261. The second kappa shape index (κ2) is 7.46. The minimum atomic E-state index is -4.61. The van der Waals surface area contributed by atoms with Crippen molar-refractivity contribution in [2.24, 2.45) is 0 Å². The Hall–Kier alpha value is -1.77. The highest BCUT2D eigenvalue weighted by atomic mass is 32.2. The molecule has 2 rings (SSSR count). The number of rotatable bonds is 3. The molecule has 1 fully saturated rings. The minimum Gasteiger partial charge on any atom is -0.326 e. The highest BCUT2D eigenvalue weighted by molar-refractivity contribution is 7.92. The normalized spacial score (nSPS) is 20.9. The van der Waals surface area contributed by atoms with E-state index < -0.39 is 32.8 Å². The van der Waals surface area contributed by atoms with Gasteiger partial charge in [-0.25, -0.2) is 13.2 Å². The maximum Gasteiger partial charge on any atom is 0.408 e. The number of carbonyl (C=O) groups is 1. The first kappa shape index (κ1) is 20.5. The summed E-state index contributed by atoms with van der Waals surface area (Å²) in [5.41, 5.74) is 0.453. The SMILES string of the molecule is CC1(C)CCN(C(=O)NC(Cc2ccccc2)C(F)(F)F)CCS1(=O)=O. The van der Waals surface area contributed by atoms with Gasteiger partial charge in [0.2, 0.25) is 0 Å². The maximum absolute atomic E-state index is 13.3. The van der Waals surface area contributed by atoms with Gasteiger partial charge in [0.25, 0.3) is 0 Å². The van der Waals surface area contributed by atoms with Crippen molar-refractivity contribution in [3.05, 3.63) is 35.9 Å². The topological polar surface area (TPSA) is 66.5 Å². The molecular weight excluding hydrogens is 369 g/mol. The molecule has 1 aromatic carbocycles. The number of sulfone groups is 1. The molecule has 9 heteroatoms. The predicted octanol–water partition coefficient (Wildman–Crippen LogP) is 2.77. The fourth-order valence-corrected chi connectivity index (χ4v) is 4.14. The van der Waals surface area contributed by atoms with Crippen LogP contribution in [-0.4, -0.2) is 55.2 Å². The molecule has 0 spiro atoms. The molecule has 1 unspecified atom stereocenters. The van der Waals surface area contributed by atoms with Crippen LogP contribution in [0.1, 0.15) is 25.8 Å². The number of nitrogens with one attached hydrogen (secondary N) is 1. The first-order valence-corrected chi connectivity index (χ1v) is 9.96. The Morgan fingerprint density at radius 3 is 2.42 bits per heavy atom. The first-order valence-electron chi connectivity index (χ1n) is 8.31. The van der Waals surface area contributed by atoms with Crippen LogP contribution in [0.5, 0.6) is 0 Å². The standard InChI is InChI=1S/C17H23F3N2O3S/c1-16(2)8-9-22(10-11-26(16,24)25)15(23)21-14(17(18,19)20)12-13-6-4-3-5-7-13/h3-7,14H,8-12H2,1-2H3,(H,21,23). The van der Waals surface area contributed by atoms with E-state index in [1.54, 1.807) is 44.2 Å². The zero-order chi connectivity index (χ0) is 19.6. The summed E-state index contributed by atoms with van der Waals surface area (Å²) >= 11 is 0. The Bertz CT molecular complexity index is 733. The molecule has 1 heterocycles. The fraction of sp³-hybridized carbons (Fsp3) is 0.588. The van der Waals surface area contributed by atoms with E-state index >= 15 is 0 Å². The molecule has 0 bridgehead atoms. The van der Waals surface area contributed by atoms with Gasteiger partial charge in [-0.1, -0.05) is 30.3 Å². The molecular formula is C17H23F3N2O3S. The van der Waals surface area contributed by atoms with Crippen molar-refractivity contribution < 1.29 is 26.4 Å². The molecule has 146 valence electrons. The van der Waals surface area contributed by atoms with Gasteiger partial charge in [0.15, 0.2) is 9.84 Å². The van der Waals surface area contributed by atoms with E-state index in [0.717, 1.165) is 4.90 Å². The number of benzene rings is 1. The van der Waals surface area contributed by atoms with E-state index in [2.05, 4.69) is 0 Å². The second-order valence-electron chi connectivity index (χ2n) is 7.05. The number of hydrogen-bond donors (Lipinski definition) is 1. The lowest BCUT2D eigenvalue weighted by molar-refractivity contribution is -0.153. The van der Waals surface area contributed by atoms with Gasteiger partial charge >= 0.3 is 12.2 Å². The van der Waals surface area contributed by atoms with E-state index in [0.29, 0.717) is 5.56 Å². The highest BCUT2D eigenvalue weighted by Crippen LogP contribution is 2.26. The monoisotopic (exact) mass is 392 g/mol. The summed E-state index contributed by atoms with van der Waals surface area (Å²) in [5, 5.41) is 2.02. The number of amides is 2. The molecule has 0 aromatic heterocycles. The van der Waals surface area contributed by atoms with Crippen LogP contribution < -0.4 is 5.32 Å². The highest BCUT2D eigenvalue weighted by Gasteiger charge is 2.42. The third kappa shape index (κ3) is 4.90. The molecule has 0 aliphatic carbocycles. The lowest BCUT2D eigenvalue weighted by atomic mass is 10.1. The van der Waals surface area contributed by atoms with E-state index in [1.807, 2.05) is 5.32 Å². The number of hydrogen-bond acceptors (Lipinski definition) is 3. The van der Waals surface area contributed by atoms with E-state index in [9.17, 15) is 26.4 Å². The number of halogens is 3. The zero-order valence-electron chi connectivity index (χ0n) is 14.7. The van der Waals surface area contributed by atoms with Crippen LogP contribution >= 0.6 is 0 Å². The van der Waals surface area contributed by atoms with Gasteiger partial charge in [0, 0.05) is 19.5 Å². The number of alkyl halides is 3. The lowest BCUT2D eigenvalue weighted by Gasteiger charge is -2.27. The van der Waals surface area contributed by atoms with Gasteiger partial charge in [0.05, 0.1) is 10.5 Å². The minimum absolute atomic E-state index is 0.0912. The lowest BCUT2D eigenvalue weighted by Crippen LogP contribution is -2.52. The van der Waals surface area contributed by atoms with Gasteiger partial charge in [0.1, 0.15) is 6.04 Å². The summed E-state index contributed by atoms with van der Waals surface area (Å²) in [7, 11) is -3.41. The average Bonchev–Trinajstić information content (AvgIpc) is 2.63. The molecule has 1 aliphatic heterocycles. The zero-order valence-corrected chi connectivity index (χ0v) is 15.5. The van der Waals surface area contributed by atoms with Gasteiger partial charge in [-0.3, -0.25) is 0 Å². The Labute approximate surface area is 151 Å². The fourth-order valence-electron chi connectivity index (χ4n) is 2.72. The van der Waals surface area contributed by atoms with Crippen molar-refractivity contribution in [3.63, 3.8) is 0 Å². The number of nitrogens with zero attached hydrogens (tertiary/aromatic N) is 1. The quantitative estimate of drug-likeness (QED) is 0.860.